The van der Waals surface area contributed by atoms with E-state index in [0.29, 0.717) is 6.04 Å². The molecule has 30 heavy (non-hydrogen) atoms. The molecule has 1 N–H and O–H groups in total. The quantitative estimate of drug-likeness (QED) is 0.697. The number of aryl methyl sites for hydroxylation is 1. The number of amides is 2. The third kappa shape index (κ3) is 4.80. The topological polar surface area (TPSA) is 67.9 Å². The van der Waals surface area contributed by atoms with Gasteiger partial charge in [0.15, 0.2) is 6.10 Å². The van der Waals surface area contributed by atoms with Gasteiger partial charge in [-0.05, 0) is 76.1 Å². The average Bonchev–Trinajstić information content (AvgIpc) is 2.88. The van der Waals surface area contributed by atoms with Gasteiger partial charge >= 0.3 is 12.0 Å². The SMILES string of the molecule is COC(=O)C(OC(C)(C)C)c1cc(C)c2c(c1C)NC(=O)N(C1CCCCC1)CC2. The molecule has 2 aliphatic rings. The minimum atomic E-state index is -0.839. The van der Waals surface area contributed by atoms with Crippen LogP contribution in [0.1, 0.15) is 81.2 Å². The van der Waals surface area contributed by atoms with E-state index in [-0.39, 0.29) is 6.03 Å². The first-order valence-electron chi connectivity index (χ1n) is 11.1. The van der Waals surface area contributed by atoms with Crippen LogP contribution in [0.4, 0.5) is 10.5 Å². The van der Waals surface area contributed by atoms with E-state index in [1.54, 1.807) is 0 Å². The van der Waals surface area contributed by atoms with Crippen molar-refractivity contribution >= 4 is 17.7 Å². The Morgan fingerprint density at radius 2 is 1.87 bits per heavy atom. The van der Waals surface area contributed by atoms with Gasteiger partial charge in [0.2, 0.25) is 0 Å². The van der Waals surface area contributed by atoms with Crippen molar-refractivity contribution in [3.63, 3.8) is 0 Å². The normalized spacial score (nSPS) is 19.0. The highest BCUT2D eigenvalue weighted by Gasteiger charge is 2.33. The van der Waals surface area contributed by atoms with Crippen molar-refractivity contribution in [1.29, 1.82) is 0 Å². The number of rotatable bonds is 4. The molecular weight excluding hydrogens is 380 g/mol. The van der Waals surface area contributed by atoms with E-state index in [2.05, 4.69) is 5.32 Å². The number of ether oxygens (including phenoxy) is 2. The fourth-order valence-electron chi connectivity index (χ4n) is 4.71. The first-order chi connectivity index (χ1) is 14.1. The van der Waals surface area contributed by atoms with Crippen LogP contribution >= 0.6 is 0 Å². The Kier molecular flexibility index (Phi) is 6.75. The summed E-state index contributed by atoms with van der Waals surface area (Å²) >= 11 is 0. The summed E-state index contributed by atoms with van der Waals surface area (Å²) in [4.78, 5) is 27.7. The lowest BCUT2D eigenvalue weighted by Gasteiger charge is -2.33. The number of methoxy groups -OCH3 is 1. The van der Waals surface area contributed by atoms with Crippen molar-refractivity contribution in [2.45, 2.75) is 90.9 Å². The van der Waals surface area contributed by atoms with Crippen LogP contribution in [0.15, 0.2) is 6.07 Å². The number of hydrogen-bond acceptors (Lipinski definition) is 4. The Hall–Kier alpha value is -2.08. The number of urea groups is 1. The highest BCUT2D eigenvalue weighted by molar-refractivity contribution is 5.93. The number of carbonyl (C=O) groups excluding carboxylic acids is 2. The second-order valence-corrected chi connectivity index (χ2v) is 9.56. The molecule has 0 spiro atoms. The van der Waals surface area contributed by atoms with E-state index >= 15 is 0 Å². The molecule has 6 heteroatoms. The molecule has 0 bridgehead atoms. The van der Waals surface area contributed by atoms with Gasteiger partial charge in [-0.2, -0.15) is 0 Å². The minimum Gasteiger partial charge on any atom is -0.467 e. The summed E-state index contributed by atoms with van der Waals surface area (Å²) < 4.78 is 11.1. The van der Waals surface area contributed by atoms with E-state index in [9.17, 15) is 9.59 Å². The zero-order valence-corrected chi connectivity index (χ0v) is 19.3. The highest BCUT2D eigenvalue weighted by atomic mass is 16.6. The molecule has 1 aromatic rings. The zero-order chi connectivity index (χ0) is 22.1. The summed E-state index contributed by atoms with van der Waals surface area (Å²) in [6.07, 6.45) is 5.77. The predicted molar refractivity (Wildman–Crippen MR) is 118 cm³/mol. The predicted octanol–water partition coefficient (Wildman–Crippen LogP) is 5.06. The monoisotopic (exact) mass is 416 g/mol. The van der Waals surface area contributed by atoms with Gasteiger partial charge in [-0.15, -0.1) is 0 Å². The lowest BCUT2D eigenvalue weighted by molar-refractivity contribution is -0.164. The Labute approximate surface area is 180 Å². The molecule has 1 atom stereocenters. The van der Waals surface area contributed by atoms with Crippen molar-refractivity contribution in [1.82, 2.24) is 4.90 Å². The fourth-order valence-corrected chi connectivity index (χ4v) is 4.71. The second-order valence-electron chi connectivity index (χ2n) is 9.56. The van der Waals surface area contributed by atoms with Crippen LogP contribution in [0.3, 0.4) is 0 Å². The lowest BCUT2D eigenvalue weighted by atomic mass is 9.91. The molecule has 1 fully saturated rings. The summed E-state index contributed by atoms with van der Waals surface area (Å²) in [6, 6.07) is 2.30. The molecule has 1 aliphatic carbocycles. The Morgan fingerprint density at radius 3 is 2.47 bits per heavy atom. The maximum absolute atomic E-state index is 13.1. The number of hydrogen-bond donors (Lipinski definition) is 1. The maximum Gasteiger partial charge on any atom is 0.339 e. The zero-order valence-electron chi connectivity index (χ0n) is 19.3. The van der Waals surface area contributed by atoms with Gasteiger partial charge in [0.05, 0.1) is 12.7 Å². The molecule has 0 aromatic heterocycles. The van der Waals surface area contributed by atoms with Crippen LogP contribution in [-0.2, 0) is 20.7 Å². The van der Waals surface area contributed by atoms with Crippen LogP contribution in [0, 0.1) is 13.8 Å². The van der Waals surface area contributed by atoms with Crippen LogP contribution in [0.5, 0.6) is 0 Å². The number of benzene rings is 1. The second kappa shape index (κ2) is 8.96. The first kappa shape index (κ1) is 22.6. The Morgan fingerprint density at radius 1 is 1.20 bits per heavy atom. The van der Waals surface area contributed by atoms with E-state index in [0.717, 1.165) is 53.7 Å². The van der Waals surface area contributed by atoms with Crippen molar-refractivity contribution in [2.24, 2.45) is 0 Å². The summed E-state index contributed by atoms with van der Waals surface area (Å²) in [7, 11) is 1.37. The molecule has 0 radical (unpaired) electrons. The number of carbonyl (C=O) groups is 2. The Bertz CT molecular complexity index is 806. The molecule has 3 rings (SSSR count). The van der Waals surface area contributed by atoms with E-state index in [1.807, 2.05) is 45.6 Å². The van der Waals surface area contributed by atoms with Crippen LogP contribution < -0.4 is 5.32 Å². The summed E-state index contributed by atoms with van der Waals surface area (Å²) in [5, 5.41) is 3.17. The third-order valence-electron chi connectivity index (χ3n) is 6.24. The standard InChI is InChI=1S/C24H36N2O4/c1-15-14-19(21(22(27)29-6)30-24(3,4)5)16(2)20-18(15)12-13-26(23(28)25-20)17-10-8-7-9-11-17/h14,17,21H,7-13H2,1-6H3,(H,25,28). The summed E-state index contributed by atoms with van der Waals surface area (Å²) in [5.41, 5.74) is 4.12. The highest BCUT2D eigenvalue weighted by Crippen LogP contribution is 2.37. The van der Waals surface area contributed by atoms with E-state index < -0.39 is 17.7 Å². The molecule has 2 amide bonds. The van der Waals surface area contributed by atoms with Gasteiger partial charge in [-0.1, -0.05) is 25.3 Å². The molecule has 6 nitrogen and oxygen atoms in total. The molecule has 1 aromatic carbocycles. The van der Waals surface area contributed by atoms with Crippen LogP contribution in [0.2, 0.25) is 0 Å². The minimum absolute atomic E-state index is 0.0355. The van der Waals surface area contributed by atoms with E-state index in [1.165, 1.54) is 26.4 Å². The fraction of sp³-hybridized carbons (Fsp3) is 0.667. The van der Waals surface area contributed by atoms with Gasteiger partial charge in [0.25, 0.3) is 0 Å². The summed E-state index contributed by atoms with van der Waals surface area (Å²) in [6.45, 7) is 10.5. The van der Waals surface area contributed by atoms with Gasteiger partial charge in [-0.25, -0.2) is 9.59 Å². The maximum atomic E-state index is 13.1. The van der Waals surface area contributed by atoms with Gasteiger partial charge in [0, 0.05) is 18.3 Å². The third-order valence-corrected chi connectivity index (χ3v) is 6.24. The van der Waals surface area contributed by atoms with Crippen molar-refractivity contribution in [2.75, 3.05) is 19.0 Å². The molecule has 1 aliphatic heterocycles. The average molecular weight is 417 g/mol. The van der Waals surface area contributed by atoms with Gasteiger partial charge < -0.3 is 19.7 Å². The molecule has 1 heterocycles. The molecular formula is C24H36N2O4. The number of anilines is 1. The van der Waals surface area contributed by atoms with Crippen molar-refractivity contribution in [3.05, 3.63) is 28.3 Å². The number of nitrogens with one attached hydrogen (secondary N) is 1. The van der Waals surface area contributed by atoms with Crippen LogP contribution in [0.25, 0.3) is 0 Å². The molecule has 1 unspecified atom stereocenters. The van der Waals surface area contributed by atoms with Gasteiger partial charge in [-0.3, -0.25) is 0 Å². The van der Waals surface area contributed by atoms with Gasteiger partial charge in [0.1, 0.15) is 0 Å². The molecule has 0 saturated heterocycles. The number of nitrogens with zero attached hydrogens (tertiary/aromatic N) is 1. The van der Waals surface area contributed by atoms with Crippen LogP contribution in [-0.4, -0.2) is 42.2 Å². The number of fused-ring (bicyclic) bond motifs is 1. The lowest BCUT2D eigenvalue weighted by Crippen LogP contribution is -2.43. The first-order valence-corrected chi connectivity index (χ1v) is 11.1. The Balaban J connectivity index is 1.97. The number of esters is 1. The van der Waals surface area contributed by atoms with E-state index in [4.69, 9.17) is 9.47 Å². The van der Waals surface area contributed by atoms with Crippen molar-refractivity contribution < 1.29 is 19.1 Å². The van der Waals surface area contributed by atoms with Crippen molar-refractivity contribution in [3.8, 4) is 0 Å². The summed E-state index contributed by atoms with van der Waals surface area (Å²) in [5.74, 6) is -0.434. The smallest absolute Gasteiger partial charge is 0.339 e. The molecule has 1 saturated carbocycles. The largest absolute Gasteiger partial charge is 0.467 e. The molecule has 166 valence electrons.